The Balaban J connectivity index is 0.00000192. The average Bonchev–Trinajstić information content (AvgIpc) is 2.72. The highest BCUT2D eigenvalue weighted by Gasteiger charge is 2.22. The van der Waals surface area contributed by atoms with Crippen LogP contribution in [0.4, 0.5) is 0 Å². The van der Waals surface area contributed by atoms with Gasteiger partial charge in [-0.15, -0.1) is 12.4 Å². The molecule has 1 aliphatic heterocycles. The summed E-state index contributed by atoms with van der Waals surface area (Å²) in [5.41, 5.74) is 3.70. The summed E-state index contributed by atoms with van der Waals surface area (Å²) < 4.78 is 5.99. The van der Waals surface area contributed by atoms with Crippen LogP contribution in [-0.2, 0) is 17.8 Å². The molecule has 6 heteroatoms. The number of halogens is 2. The molecule has 0 fully saturated rings. The number of hydrogen-bond donors (Lipinski definition) is 1. The van der Waals surface area contributed by atoms with E-state index in [0.29, 0.717) is 5.57 Å². The molecule has 23 heavy (non-hydrogen) atoms. The summed E-state index contributed by atoms with van der Waals surface area (Å²) in [6.07, 6.45) is 2.71. The third-order valence-corrected chi connectivity index (χ3v) is 4.50. The maximum absolute atomic E-state index is 11.7. The van der Waals surface area contributed by atoms with Crippen LogP contribution in [0, 0.1) is 0 Å². The Hall–Kier alpha value is -1.49. The molecule has 3 rings (SSSR count). The van der Waals surface area contributed by atoms with Crippen LogP contribution in [0.2, 0.25) is 5.02 Å². The van der Waals surface area contributed by atoms with E-state index in [2.05, 4.69) is 17.3 Å². The van der Waals surface area contributed by atoms with Crippen LogP contribution in [0.15, 0.2) is 22.1 Å². The van der Waals surface area contributed by atoms with Gasteiger partial charge in [-0.05, 0) is 44.2 Å². The highest BCUT2D eigenvalue weighted by Crippen LogP contribution is 2.36. The summed E-state index contributed by atoms with van der Waals surface area (Å²) in [5, 5.41) is 4.52. The molecule has 2 aromatic rings. The lowest BCUT2D eigenvalue weighted by molar-refractivity contribution is -0.116. The Morgan fingerprint density at radius 3 is 2.83 bits per heavy atom. The summed E-state index contributed by atoms with van der Waals surface area (Å²) in [7, 11) is 3.71. The van der Waals surface area contributed by atoms with Gasteiger partial charge < -0.3 is 14.6 Å². The van der Waals surface area contributed by atoms with Gasteiger partial charge in [-0.1, -0.05) is 11.6 Å². The van der Waals surface area contributed by atoms with Crippen LogP contribution >= 0.6 is 24.0 Å². The lowest BCUT2D eigenvalue weighted by Gasteiger charge is -2.13. The molecule has 1 amide bonds. The van der Waals surface area contributed by atoms with Crippen LogP contribution in [0.3, 0.4) is 0 Å². The maximum Gasteiger partial charge on any atom is 0.246 e. The Kier molecular flexibility index (Phi) is 5.40. The van der Waals surface area contributed by atoms with Crippen LogP contribution in [-0.4, -0.2) is 31.4 Å². The van der Waals surface area contributed by atoms with Gasteiger partial charge in [0.25, 0.3) is 0 Å². The number of nitrogens with zero attached hydrogens (tertiary/aromatic N) is 1. The summed E-state index contributed by atoms with van der Waals surface area (Å²) in [4.78, 5) is 14.0. The second-order valence-electron chi connectivity index (χ2n) is 5.74. The molecule has 0 saturated carbocycles. The van der Waals surface area contributed by atoms with E-state index in [9.17, 15) is 4.79 Å². The molecule has 0 spiro atoms. The third-order valence-electron chi connectivity index (χ3n) is 4.14. The molecule has 124 valence electrons. The minimum absolute atomic E-state index is 0. The van der Waals surface area contributed by atoms with Crippen molar-refractivity contribution in [1.29, 1.82) is 0 Å². The van der Waals surface area contributed by atoms with Gasteiger partial charge in [-0.25, -0.2) is 0 Å². The summed E-state index contributed by atoms with van der Waals surface area (Å²) in [6.45, 7) is 3.52. The summed E-state index contributed by atoms with van der Waals surface area (Å²) in [5.74, 6) is 0.640. The van der Waals surface area contributed by atoms with Crippen molar-refractivity contribution in [1.82, 2.24) is 10.2 Å². The molecule has 0 aliphatic carbocycles. The van der Waals surface area contributed by atoms with Gasteiger partial charge in [-0.2, -0.15) is 0 Å². The molecule has 0 unspecified atom stereocenters. The van der Waals surface area contributed by atoms with E-state index in [0.717, 1.165) is 52.4 Å². The minimum atomic E-state index is -0.104. The van der Waals surface area contributed by atoms with Crippen molar-refractivity contribution in [3.63, 3.8) is 0 Å². The van der Waals surface area contributed by atoms with E-state index in [4.69, 9.17) is 16.0 Å². The first-order valence-corrected chi connectivity index (χ1v) is 7.70. The van der Waals surface area contributed by atoms with Crippen LogP contribution < -0.4 is 5.32 Å². The molecular weight excluding hydrogens is 335 g/mol. The van der Waals surface area contributed by atoms with Crippen molar-refractivity contribution in [3.8, 4) is 0 Å². The van der Waals surface area contributed by atoms with Crippen LogP contribution in [0.1, 0.15) is 23.8 Å². The van der Waals surface area contributed by atoms with Gasteiger partial charge in [0.05, 0.1) is 0 Å². The molecular formula is C17H20Cl2N2O2. The average molecular weight is 355 g/mol. The molecule has 1 aromatic heterocycles. The number of rotatable bonds is 2. The zero-order valence-electron chi connectivity index (χ0n) is 13.4. The number of likely N-dealkylation sites (N-methyl/N-ethyl adjacent to an activating group) is 2. The van der Waals surface area contributed by atoms with Crippen LogP contribution in [0.5, 0.6) is 0 Å². The second-order valence-corrected chi connectivity index (χ2v) is 6.15. The lowest BCUT2D eigenvalue weighted by Crippen LogP contribution is -2.19. The fraction of sp³-hybridized carbons (Fsp3) is 0.353. The monoisotopic (exact) mass is 354 g/mol. The van der Waals surface area contributed by atoms with Crippen molar-refractivity contribution in [2.24, 2.45) is 0 Å². The van der Waals surface area contributed by atoms with Gasteiger partial charge in [0.2, 0.25) is 5.91 Å². The van der Waals surface area contributed by atoms with E-state index in [1.165, 1.54) is 0 Å². The molecule has 1 aliphatic rings. The zero-order chi connectivity index (χ0) is 15.9. The predicted octanol–water partition coefficient (Wildman–Crippen LogP) is 3.65. The first-order valence-electron chi connectivity index (χ1n) is 7.33. The highest BCUT2D eigenvalue weighted by molar-refractivity contribution is 6.32. The van der Waals surface area contributed by atoms with Crippen molar-refractivity contribution < 1.29 is 9.21 Å². The molecule has 0 radical (unpaired) electrons. The van der Waals surface area contributed by atoms with E-state index in [-0.39, 0.29) is 18.3 Å². The topological polar surface area (TPSA) is 45.5 Å². The zero-order valence-corrected chi connectivity index (χ0v) is 15.0. The van der Waals surface area contributed by atoms with Gasteiger partial charge in [0.1, 0.15) is 11.3 Å². The number of nitrogens with one attached hydrogen (secondary N) is 1. The largest absolute Gasteiger partial charge is 0.456 e. The van der Waals surface area contributed by atoms with Crippen molar-refractivity contribution in [2.45, 2.75) is 19.9 Å². The number of benzene rings is 1. The molecule has 1 N–H and O–H groups in total. The van der Waals surface area contributed by atoms with Gasteiger partial charge >= 0.3 is 0 Å². The predicted molar refractivity (Wildman–Crippen MR) is 96.2 cm³/mol. The first kappa shape index (κ1) is 17.9. The molecule has 1 aromatic carbocycles. The quantitative estimate of drug-likeness (QED) is 0.837. The highest BCUT2D eigenvalue weighted by atomic mass is 35.5. The lowest BCUT2D eigenvalue weighted by atomic mass is 10.0. The van der Waals surface area contributed by atoms with Crippen molar-refractivity contribution >= 4 is 47.0 Å². The smallest absolute Gasteiger partial charge is 0.246 e. The SMILES string of the molecule is CNC(=O)/C(C)=C/c1oc2ccc(Cl)c3c2c1CN(C)CC3.Cl. The summed E-state index contributed by atoms with van der Waals surface area (Å²) >= 11 is 6.38. The second kappa shape index (κ2) is 6.95. The molecule has 0 saturated heterocycles. The number of furan rings is 1. The fourth-order valence-corrected chi connectivity index (χ4v) is 3.20. The van der Waals surface area contributed by atoms with Gasteiger partial charge in [0.15, 0.2) is 0 Å². The standard InChI is InChI=1S/C17H19ClN2O2.ClH/c1-10(17(21)19-2)8-15-12-9-20(3)7-6-11-13(18)4-5-14(22-15)16(11)12;/h4-5,8H,6-7,9H2,1-3H3,(H,19,21);1H/b10-8+;. The Morgan fingerprint density at radius 1 is 1.39 bits per heavy atom. The molecule has 2 heterocycles. The Morgan fingerprint density at radius 2 is 2.13 bits per heavy atom. The molecule has 4 nitrogen and oxygen atoms in total. The van der Waals surface area contributed by atoms with Gasteiger partial charge in [0, 0.05) is 41.7 Å². The van der Waals surface area contributed by atoms with Crippen LogP contribution in [0.25, 0.3) is 17.0 Å². The maximum atomic E-state index is 11.7. The number of carbonyl (C=O) groups excluding carboxylic acids is 1. The fourth-order valence-electron chi connectivity index (χ4n) is 2.95. The van der Waals surface area contributed by atoms with Gasteiger partial charge in [-0.3, -0.25) is 4.79 Å². The molecule has 0 atom stereocenters. The van der Waals surface area contributed by atoms with Crippen molar-refractivity contribution in [2.75, 3.05) is 20.6 Å². The Bertz CT molecular complexity index is 780. The summed E-state index contributed by atoms with van der Waals surface area (Å²) in [6, 6.07) is 3.79. The number of amides is 1. The van der Waals surface area contributed by atoms with Crippen molar-refractivity contribution in [3.05, 3.63) is 39.6 Å². The Labute approximate surface area is 146 Å². The first-order chi connectivity index (χ1) is 10.5. The van der Waals surface area contributed by atoms with E-state index < -0.39 is 0 Å². The normalized spacial score (nSPS) is 15.2. The number of carbonyl (C=O) groups is 1. The third kappa shape index (κ3) is 3.25. The molecule has 0 bridgehead atoms. The minimum Gasteiger partial charge on any atom is -0.456 e. The van der Waals surface area contributed by atoms with E-state index in [1.54, 1.807) is 14.0 Å². The number of hydrogen-bond acceptors (Lipinski definition) is 3. The van der Waals surface area contributed by atoms with E-state index >= 15 is 0 Å². The van der Waals surface area contributed by atoms with E-state index in [1.807, 2.05) is 18.2 Å².